The molecule has 0 unspecified atom stereocenters. The SMILES string of the molecule is CC(C)(C)OC(=O)Nc1nnc([C-]=O)o1.[Li+].[OH-]. The number of rotatable bonds is 2. The summed E-state index contributed by atoms with van der Waals surface area (Å²) in [6.07, 6.45) is 0.654. The molecule has 8 nitrogen and oxygen atoms in total. The molecule has 0 bridgehead atoms. The van der Waals surface area contributed by atoms with Crippen molar-refractivity contribution in [3.8, 4) is 0 Å². The molecule has 9 heteroatoms. The maximum absolute atomic E-state index is 11.2. The van der Waals surface area contributed by atoms with Crippen molar-refractivity contribution >= 4 is 18.4 Å². The number of carbonyl (C=O) groups is 1. The Kier molecular flexibility index (Phi) is 7.48. The number of nitrogens with one attached hydrogen (secondary N) is 1. The maximum atomic E-state index is 11.2. The van der Waals surface area contributed by atoms with Crippen LogP contribution in [0.2, 0.25) is 0 Å². The van der Waals surface area contributed by atoms with Crippen LogP contribution in [0.25, 0.3) is 0 Å². The molecule has 0 spiro atoms. The molecule has 1 aromatic heterocycles. The minimum Gasteiger partial charge on any atom is -0.870 e. The van der Waals surface area contributed by atoms with Crippen molar-refractivity contribution in [1.82, 2.24) is 10.2 Å². The van der Waals surface area contributed by atoms with E-state index in [0.29, 0.717) is 0 Å². The zero-order chi connectivity index (χ0) is 11.5. The molecule has 17 heavy (non-hydrogen) atoms. The second-order valence-electron chi connectivity index (χ2n) is 3.64. The summed E-state index contributed by atoms with van der Waals surface area (Å²) in [4.78, 5) is 21.2. The van der Waals surface area contributed by atoms with Gasteiger partial charge in [-0.1, -0.05) is 5.10 Å². The Morgan fingerprint density at radius 1 is 1.41 bits per heavy atom. The molecule has 0 aromatic carbocycles. The number of nitrogens with zero attached hydrogens (tertiary/aromatic N) is 2. The van der Waals surface area contributed by atoms with Gasteiger partial charge in [0.1, 0.15) is 11.5 Å². The van der Waals surface area contributed by atoms with Gasteiger partial charge in [-0.2, -0.15) is 6.29 Å². The predicted molar refractivity (Wildman–Crippen MR) is 50.9 cm³/mol. The fourth-order valence-electron chi connectivity index (χ4n) is 0.706. The third-order valence-electron chi connectivity index (χ3n) is 1.12. The number of aromatic nitrogens is 2. The summed E-state index contributed by atoms with van der Waals surface area (Å²) in [6, 6.07) is -0.206. The molecule has 0 saturated carbocycles. The number of anilines is 1. The third-order valence-corrected chi connectivity index (χ3v) is 1.12. The second-order valence-corrected chi connectivity index (χ2v) is 3.64. The Hall–Kier alpha value is -1.36. The van der Waals surface area contributed by atoms with Crippen LogP contribution >= 0.6 is 0 Å². The maximum Gasteiger partial charge on any atom is 1.00 e. The van der Waals surface area contributed by atoms with Crippen molar-refractivity contribution < 1.29 is 43.1 Å². The van der Waals surface area contributed by atoms with Crippen LogP contribution in [0.1, 0.15) is 26.7 Å². The molecule has 0 radical (unpaired) electrons. The summed E-state index contributed by atoms with van der Waals surface area (Å²) in [5.41, 5.74) is -0.621. The van der Waals surface area contributed by atoms with Gasteiger partial charge in [0.25, 0.3) is 0 Å². The number of hydrogen-bond donors (Lipinski definition) is 1. The van der Waals surface area contributed by atoms with Gasteiger partial charge in [0.05, 0.1) is 0 Å². The van der Waals surface area contributed by atoms with Gasteiger partial charge in [0, 0.05) is 0 Å². The Labute approximate surface area is 110 Å². The fourth-order valence-corrected chi connectivity index (χ4v) is 0.706. The van der Waals surface area contributed by atoms with Gasteiger partial charge >= 0.3 is 31.0 Å². The molecule has 0 saturated heterocycles. The molecule has 2 N–H and O–H groups in total. The van der Waals surface area contributed by atoms with Crippen molar-refractivity contribution in [3.63, 3.8) is 0 Å². The number of amides is 1. The molecule has 1 heterocycles. The Morgan fingerprint density at radius 3 is 2.41 bits per heavy atom. The van der Waals surface area contributed by atoms with Crippen LogP contribution < -0.4 is 24.2 Å². The van der Waals surface area contributed by atoms with Crippen LogP contribution in [-0.2, 0) is 9.53 Å². The average molecular weight is 236 g/mol. The van der Waals surface area contributed by atoms with E-state index in [-0.39, 0.29) is 36.2 Å². The van der Waals surface area contributed by atoms with Gasteiger partial charge in [-0.3, -0.25) is 0 Å². The van der Waals surface area contributed by atoms with E-state index in [1.165, 1.54) is 6.29 Å². The normalized spacial score (nSPS) is 9.59. The first-order chi connectivity index (χ1) is 6.90. The minimum atomic E-state index is -0.733. The summed E-state index contributed by atoms with van der Waals surface area (Å²) in [6.45, 7) is 5.14. The number of hydrogen-bond acceptors (Lipinski definition) is 7. The summed E-state index contributed by atoms with van der Waals surface area (Å²) in [5.74, 6) is -0.332. The molecular weight excluding hydrogens is 225 g/mol. The quantitative estimate of drug-likeness (QED) is 0.452. The monoisotopic (exact) mass is 236 g/mol. The molecule has 1 amide bonds. The Morgan fingerprint density at radius 2 is 2.00 bits per heavy atom. The zero-order valence-corrected chi connectivity index (χ0v) is 9.97. The average Bonchev–Trinajstić information content (AvgIpc) is 2.48. The van der Waals surface area contributed by atoms with Gasteiger partial charge in [-0.15, -0.1) is 5.10 Å². The van der Waals surface area contributed by atoms with E-state index in [1.54, 1.807) is 20.8 Å². The molecular formula is C8H11LiN3O5-. The first-order valence-electron chi connectivity index (χ1n) is 4.12. The van der Waals surface area contributed by atoms with E-state index in [2.05, 4.69) is 19.9 Å². The predicted octanol–water partition coefficient (Wildman–Crippen LogP) is -2.30. The molecule has 0 atom stereocenters. The van der Waals surface area contributed by atoms with Crippen LogP contribution in [0.3, 0.4) is 0 Å². The van der Waals surface area contributed by atoms with Gasteiger partial charge in [-0.05, 0) is 20.8 Å². The summed E-state index contributed by atoms with van der Waals surface area (Å²) in [5, 5.41) is 8.81. The van der Waals surface area contributed by atoms with Crippen LogP contribution in [0, 0.1) is 0 Å². The van der Waals surface area contributed by atoms with Crippen molar-refractivity contribution in [1.29, 1.82) is 0 Å². The van der Waals surface area contributed by atoms with Crippen molar-refractivity contribution in [3.05, 3.63) is 5.89 Å². The van der Waals surface area contributed by atoms with Crippen molar-refractivity contribution in [2.45, 2.75) is 26.4 Å². The van der Waals surface area contributed by atoms with Crippen LogP contribution in [0.4, 0.5) is 10.8 Å². The molecule has 0 fully saturated rings. The van der Waals surface area contributed by atoms with E-state index in [0.717, 1.165) is 0 Å². The largest absolute Gasteiger partial charge is 1.00 e. The molecule has 0 aliphatic rings. The van der Waals surface area contributed by atoms with Crippen molar-refractivity contribution in [2.75, 3.05) is 5.32 Å². The van der Waals surface area contributed by atoms with E-state index in [4.69, 9.17) is 4.74 Å². The van der Waals surface area contributed by atoms with Gasteiger partial charge in [-0.25, -0.2) is 10.1 Å². The molecule has 90 valence electrons. The standard InChI is InChI=1S/C8H10N3O4.Li.H2O/c1-8(2,3)15-7(13)9-6-11-10-5(4-12)14-6;;/h1-3H3,(H,9,11,13);;1H2/q-1;+1;/p-1. The Balaban J connectivity index is 0. The first kappa shape index (κ1) is 18.0. The summed E-state index contributed by atoms with van der Waals surface area (Å²) >= 11 is 0. The van der Waals surface area contributed by atoms with E-state index in [9.17, 15) is 9.59 Å². The van der Waals surface area contributed by atoms with Crippen LogP contribution in [-0.4, -0.2) is 33.7 Å². The number of ether oxygens (including phenoxy) is 1. The number of carbonyl (C=O) groups excluding carboxylic acids is 2. The van der Waals surface area contributed by atoms with Gasteiger partial charge in [0.15, 0.2) is 0 Å². The second kappa shape index (κ2) is 7.06. The molecule has 1 rings (SSSR count). The summed E-state index contributed by atoms with van der Waals surface area (Å²) in [7, 11) is 0. The summed E-state index contributed by atoms with van der Waals surface area (Å²) < 4.78 is 9.57. The van der Waals surface area contributed by atoms with Gasteiger partial charge < -0.3 is 19.4 Å². The van der Waals surface area contributed by atoms with E-state index >= 15 is 0 Å². The third kappa shape index (κ3) is 6.73. The zero-order valence-electron chi connectivity index (χ0n) is 9.97. The van der Waals surface area contributed by atoms with Gasteiger partial charge in [0.2, 0.25) is 0 Å². The topological polar surface area (TPSA) is 124 Å². The van der Waals surface area contributed by atoms with Crippen molar-refractivity contribution in [2.24, 2.45) is 0 Å². The van der Waals surface area contributed by atoms with Crippen LogP contribution in [0.15, 0.2) is 4.42 Å². The molecule has 0 aliphatic carbocycles. The van der Waals surface area contributed by atoms with E-state index < -0.39 is 11.7 Å². The fraction of sp³-hybridized carbons (Fsp3) is 0.500. The molecule has 1 aromatic rings. The first-order valence-corrected chi connectivity index (χ1v) is 4.12. The Bertz CT molecular complexity index is 373. The van der Waals surface area contributed by atoms with Crippen LogP contribution in [0.5, 0.6) is 0 Å². The smallest absolute Gasteiger partial charge is 0.870 e. The minimum absolute atomic E-state index is 0. The molecule has 0 aliphatic heterocycles. The van der Waals surface area contributed by atoms with E-state index in [1.807, 2.05) is 0 Å².